The van der Waals surface area contributed by atoms with E-state index in [9.17, 15) is 4.79 Å². The number of carbonyl (C=O) groups excluding carboxylic acids is 1. The second-order valence-corrected chi connectivity index (χ2v) is 8.54. The molecule has 0 amide bonds. The second kappa shape index (κ2) is 7.59. The van der Waals surface area contributed by atoms with Crippen molar-refractivity contribution < 1.29 is 19.0 Å². The first-order chi connectivity index (χ1) is 14.4. The minimum absolute atomic E-state index is 0.0952. The molecule has 0 radical (unpaired) electrons. The van der Waals surface area contributed by atoms with Crippen molar-refractivity contribution in [3.05, 3.63) is 53.2 Å². The molecule has 1 atom stereocenters. The van der Waals surface area contributed by atoms with Gasteiger partial charge >= 0.3 is 0 Å². The number of para-hydroxylation sites is 2. The predicted octanol–water partition coefficient (Wildman–Crippen LogP) is 4.93. The number of ketones is 1. The Labute approximate surface area is 177 Å². The number of allylic oxidation sites excluding steroid dienone is 1. The largest absolute Gasteiger partial charge is 0.493 e. The first kappa shape index (κ1) is 20.1. The number of methoxy groups -OCH3 is 3. The molecule has 0 fully saturated rings. The standard InChI is InChI=1S/C24H28N2O4/c1-24(2)12-17-21(18(27)13-24)22(26-16-9-7-6-8-15(16)25-17)14-10-19(28-3)23(30-5)20(11-14)29-4/h6-11,22,25-26H,12-13H2,1-5H3/t22-/m0/s1. The number of Topliss-reactive ketones (excluding diaryl/α,β-unsaturated/α-hetero) is 1. The maximum atomic E-state index is 13.3. The van der Waals surface area contributed by atoms with Gasteiger partial charge < -0.3 is 24.8 Å². The SMILES string of the molecule is COc1cc([C@@H]2Nc3ccccc3NC3=C2C(=O)CC(C)(C)C3)cc(OC)c1OC. The summed E-state index contributed by atoms with van der Waals surface area (Å²) in [5.41, 5.74) is 4.42. The van der Waals surface area contributed by atoms with E-state index in [1.54, 1.807) is 21.3 Å². The number of ether oxygens (including phenoxy) is 3. The van der Waals surface area contributed by atoms with Gasteiger partial charge in [0, 0.05) is 17.7 Å². The van der Waals surface area contributed by atoms with Gasteiger partial charge in [-0.2, -0.15) is 0 Å². The molecule has 2 N–H and O–H groups in total. The summed E-state index contributed by atoms with van der Waals surface area (Å²) in [5, 5.41) is 7.12. The molecule has 30 heavy (non-hydrogen) atoms. The van der Waals surface area contributed by atoms with Crippen molar-refractivity contribution in [2.75, 3.05) is 32.0 Å². The fraction of sp³-hybridized carbons (Fsp3) is 0.375. The highest BCUT2D eigenvalue weighted by molar-refractivity contribution is 6.01. The molecule has 6 heteroatoms. The lowest BCUT2D eigenvalue weighted by Gasteiger charge is -2.34. The number of rotatable bonds is 4. The van der Waals surface area contributed by atoms with E-state index < -0.39 is 0 Å². The highest BCUT2D eigenvalue weighted by Crippen LogP contribution is 2.47. The summed E-state index contributed by atoms with van der Waals surface area (Å²) in [6.07, 6.45) is 1.30. The third-order valence-electron chi connectivity index (χ3n) is 5.74. The smallest absolute Gasteiger partial charge is 0.203 e. The first-order valence-corrected chi connectivity index (χ1v) is 10.1. The van der Waals surface area contributed by atoms with Gasteiger partial charge in [-0.05, 0) is 41.7 Å². The summed E-state index contributed by atoms with van der Waals surface area (Å²) in [6, 6.07) is 11.5. The molecule has 0 unspecified atom stereocenters. The zero-order valence-corrected chi connectivity index (χ0v) is 18.1. The second-order valence-electron chi connectivity index (χ2n) is 8.54. The Hall–Kier alpha value is -3.15. The number of benzene rings is 2. The number of hydrogen-bond acceptors (Lipinski definition) is 6. The van der Waals surface area contributed by atoms with Crippen LogP contribution in [0.2, 0.25) is 0 Å². The van der Waals surface area contributed by atoms with Crippen molar-refractivity contribution in [1.82, 2.24) is 0 Å². The third-order valence-corrected chi connectivity index (χ3v) is 5.74. The van der Waals surface area contributed by atoms with Crippen LogP contribution in [0.3, 0.4) is 0 Å². The highest BCUT2D eigenvalue weighted by Gasteiger charge is 2.39. The van der Waals surface area contributed by atoms with E-state index in [1.807, 2.05) is 36.4 Å². The molecular weight excluding hydrogens is 380 g/mol. The van der Waals surface area contributed by atoms with E-state index >= 15 is 0 Å². The summed E-state index contributed by atoms with van der Waals surface area (Å²) in [7, 11) is 4.77. The third kappa shape index (κ3) is 3.47. The summed E-state index contributed by atoms with van der Waals surface area (Å²) in [6.45, 7) is 4.27. The normalized spacial score (nSPS) is 19.6. The van der Waals surface area contributed by atoms with Crippen LogP contribution in [0, 0.1) is 5.41 Å². The molecule has 4 rings (SSSR count). The summed E-state index contributed by atoms with van der Waals surface area (Å²) in [4.78, 5) is 13.3. The first-order valence-electron chi connectivity index (χ1n) is 10.1. The van der Waals surface area contributed by atoms with Gasteiger partial charge in [0.25, 0.3) is 0 Å². The van der Waals surface area contributed by atoms with Crippen molar-refractivity contribution in [1.29, 1.82) is 0 Å². The number of anilines is 2. The van der Waals surface area contributed by atoms with Crippen LogP contribution in [0.4, 0.5) is 11.4 Å². The van der Waals surface area contributed by atoms with Gasteiger partial charge in [0.2, 0.25) is 5.75 Å². The van der Waals surface area contributed by atoms with Gasteiger partial charge in [-0.1, -0.05) is 26.0 Å². The topological polar surface area (TPSA) is 68.8 Å². The van der Waals surface area contributed by atoms with Crippen molar-refractivity contribution in [3.8, 4) is 17.2 Å². The fourth-order valence-electron chi connectivity index (χ4n) is 4.41. The Morgan fingerprint density at radius 2 is 1.57 bits per heavy atom. The molecule has 2 aliphatic rings. The summed E-state index contributed by atoms with van der Waals surface area (Å²) >= 11 is 0. The van der Waals surface area contributed by atoms with E-state index in [4.69, 9.17) is 14.2 Å². The highest BCUT2D eigenvalue weighted by atomic mass is 16.5. The lowest BCUT2D eigenvalue weighted by molar-refractivity contribution is -0.118. The monoisotopic (exact) mass is 408 g/mol. The molecule has 0 spiro atoms. The Balaban J connectivity index is 1.92. The molecular formula is C24H28N2O4. The minimum atomic E-state index is -0.339. The van der Waals surface area contributed by atoms with E-state index in [2.05, 4.69) is 24.5 Å². The maximum absolute atomic E-state index is 13.3. The number of fused-ring (bicyclic) bond motifs is 1. The molecule has 1 heterocycles. The summed E-state index contributed by atoms with van der Waals surface area (Å²) < 4.78 is 16.6. The van der Waals surface area contributed by atoms with E-state index in [0.29, 0.717) is 23.7 Å². The Kier molecular flexibility index (Phi) is 5.10. The fourth-order valence-corrected chi connectivity index (χ4v) is 4.41. The predicted molar refractivity (Wildman–Crippen MR) is 118 cm³/mol. The Morgan fingerprint density at radius 1 is 0.933 bits per heavy atom. The van der Waals surface area contributed by atoms with Crippen LogP contribution in [0.15, 0.2) is 47.7 Å². The number of carbonyl (C=O) groups is 1. The van der Waals surface area contributed by atoms with Crippen molar-refractivity contribution in [2.24, 2.45) is 5.41 Å². The Morgan fingerprint density at radius 3 is 2.17 bits per heavy atom. The molecule has 1 aliphatic heterocycles. The van der Waals surface area contributed by atoms with Gasteiger partial charge in [0.1, 0.15) is 0 Å². The number of hydrogen-bond donors (Lipinski definition) is 2. The molecule has 2 aromatic rings. The number of nitrogens with one attached hydrogen (secondary N) is 2. The Bertz CT molecular complexity index is 1000. The molecule has 0 bridgehead atoms. The minimum Gasteiger partial charge on any atom is -0.493 e. The van der Waals surface area contributed by atoms with Gasteiger partial charge in [-0.3, -0.25) is 4.79 Å². The van der Waals surface area contributed by atoms with Crippen LogP contribution in [-0.2, 0) is 4.79 Å². The van der Waals surface area contributed by atoms with Crippen LogP contribution >= 0.6 is 0 Å². The maximum Gasteiger partial charge on any atom is 0.203 e. The molecule has 0 aromatic heterocycles. The average molecular weight is 408 g/mol. The molecule has 2 aromatic carbocycles. The zero-order chi connectivity index (χ0) is 21.5. The average Bonchev–Trinajstić information content (AvgIpc) is 2.88. The van der Waals surface area contributed by atoms with Crippen LogP contribution in [0.25, 0.3) is 0 Å². The molecule has 158 valence electrons. The van der Waals surface area contributed by atoms with Gasteiger partial charge in [0.15, 0.2) is 17.3 Å². The molecule has 1 aliphatic carbocycles. The zero-order valence-electron chi connectivity index (χ0n) is 18.1. The molecule has 0 saturated heterocycles. The van der Waals surface area contributed by atoms with Crippen LogP contribution in [0.1, 0.15) is 38.3 Å². The van der Waals surface area contributed by atoms with Crippen LogP contribution in [0.5, 0.6) is 17.2 Å². The quantitative estimate of drug-likeness (QED) is 0.747. The van der Waals surface area contributed by atoms with Crippen molar-refractivity contribution >= 4 is 17.2 Å². The van der Waals surface area contributed by atoms with Crippen molar-refractivity contribution in [3.63, 3.8) is 0 Å². The van der Waals surface area contributed by atoms with Gasteiger partial charge in [-0.25, -0.2) is 0 Å². The van der Waals surface area contributed by atoms with Crippen LogP contribution < -0.4 is 24.8 Å². The van der Waals surface area contributed by atoms with Crippen molar-refractivity contribution in [2.45, 2.75) is 32.7 Å². The van der Waals surface area contributed by atoms with Gasteiger partial charge in [0.05, 0.1) is 38.7 Å². The lowest BCUT2D eigenvalue weighted by atomic mass is 9.73. The lowest BCUT2D eigenvalue weighted by Crippen LogP contribution is -2.31. The van der Waals surface area contributed by atoms with E-state index in [-0.39, 0.29) is 17.2 Å². The van der Waals surface area contributed by atoms with Crippen LogP contribution in [-0.4, -0.2) is 27.1 Å². The summed E-state index contributed by atoms with van der Waals surface area (Å²) in [5.74, 6) is 1.80. The van der Waals surface area contributed by atoms with Gasteiger partial charge in [-0.15, -0.1) is 0 Å². The molecule has 0 saturated carbocycles. The van der Waals surface area contributed by atoms with E-state index in [1.165, 1.54) is 0 Å². The molecule has 6 nitrogen and oxygen atoms in total. The van der Waals surface area contributed by atoms with E-state index in [0.717, 1.165) is 34.6 Å².